The number of amides is 2. The molecule has 0 spiro atoms. The van der Waals surface area contributed by atoms with Crippen molar-refractivity contribution in [1.82, 2.24) is 19.1 Å². The first-order valence-corrected chi connectivity index (χ1v) is 12.3. The van der Waals surface area contributed by atoms with Crippen LogP contribution >= 0.6 is 11.6 Å². The molecule has 2 N–H and O–H groups in total. The molecule has 10 nitrogen and oxygen atoms in total. The van der Waals surface area contributed by atoms with Crippen molar-refractivity contribution >= 4 is 44.8 Å². The van der Waals surface area contributed by atoms with Gasteiger partial charge in [-0.1, -0.05) is 11.6 Å². The van der Waals surface area contributed by atoms with Crippen molar-refractivity contribution < 1.29 is 22.4 Å². The van der Waals surface area contributed by atoms with Crippen LogP contribution in [0.2, 0.25) is 5.02 Å². The van der Waals surface area contributed by atoms with E-state index in [1.165, 1.54) is 29.4 Å². The molecular formula is C21H20ClFN6O4S. The van der Waals surface area contributed by atoms with Gasteiger partial charge in [-0.3, -0.25) is 14.2 Å². The fraction of sp³-hybridized carbons (Fsp3) is 0.238. The van der Waals surface area contributed by atoms with Crippen molar-refractivity contribution in [2.24, 2.45) is 11.8 Å². The van der Waals surface area contributed by atoms with Crippen LogP contribution in [0.5, 0.6) is 0 Å². The summed E-state index contributed by atoms with van der Waals surface area (Å²) in [6.07, 6.45) is 3.68. The lowest BCUT2D eigenvalue weighted by molar-refractivity contribution is -0.127. The highest BCUT2D eigenvalue weighted by molar-refractivity contribution is 7.88. The van der Waals surface area contributed by atoms with Gasteiger partial charge in [0, 0.05) is 29.5 Å². The number of benzene rings is 2. The second-order valence-electron chi connectivity index (χ2n) is 7.81. The lowest BCUT2D eigenvalue weighted by atomic mass is 9.94. The summed E-state index contributed by atoms with van der Waals surface area (Å²) in [7, 11) is -3.64. The number of rotatable bonds is 6. The molecule has 1 aliphatic heterocycles. The van der Waals surface area contributed by atoms with Crippen molar-refractivity contribution in [3.05, 3.63) is 66.0 Å². The third-order valence-electron chi connectivity index (χ3n) is 5.45. The first-order chi connectivity index (χ1) is 16.1. The van der Waals surface area contributed by atoms with Crippen LogP contribution in [0.3, 0.4) is 0 Å². The van der Waals surface area contributed by atoms with Crippen molar-refractivity contribution in [2.45, 2.75) is 0 Å². The van der Waals surface area contributed by atoms with Gasteiger partial charge in [0.2, 0.25) is 21.8 Å². The number of carbonyl (C=O) groups is 2. The van der Waals surface area contributed by atoms with Gasteiger partial charge in [-0.25, -0.2) is 17.1 Å². The third kappa shape index (κ3) is 5.24. The fourth-order valence-electron chi connectivity index (χ4n) is 3.69. The molecule has 2 heterocycles. The van der Waals surface area contributed by atoms with E-state index in [4.69, 9.17) is 11.6 Å². The Morgan fingerprint density at radius 3 is 2.03 bits per heavy atom. The second kappa shape index (κ2) is 9.49. The maximum absolute atomic E-state index is 14.5. The van der Waals surface area contributed by atoms with Crippen LogP contribution in [0, 0.1) is 17.7 Å². The van der Waals surface area contributed by atoms with E-state index in [-0.39, 0.29) is 24.5 Å². The Balaban J connectivity index is 1.53. The number of halogens is 2. The van der Waals surface area contributed by atoms with E-state index in [1.807, 2.05) is 0 Å². The molecule has 2 amide bonds. The summed E-state index contributed by atoms with van der Waals surface area (Å²) in [6, 6.07) is 10.4. The molecule has 1 fully saturated rings. The molecule has 1 aromatic heterocycles. The van der Waals surface area contributed by atoms with Gasteiger partial charge in [-0.2, -0.15) is 0 Å². The summed E-state index contributed by atoms with van der Waals surface area (Å²) in [5.41, 5.74) is 0.805. The zero-order valence-corrected chi connectivity index (χ0v) is 19.4. The Hall–Kier alpha value is -3.35. The van der Waals surface area contributed by atoms with Crippen LogP contribution in [0.4, 0.5) is 15.8 Å². The Labute approximate surface area is 199 Å². The van der Waals surface area contributed by atoms with Gasteiger partial charge < -0.3 is 10.6 Å². The van der Waals surface area contributed by atoms with Crippen LogP contribution < -0.4 is 10.6 Å². The van der Waals surface area contributed by atoms with Gasteiger partial charge in [0.25, 0.3) is 0 Å². The molecule has 34 heavy (non-hydrogen) atoms. The third-order valence-corrected chi connectivity index (χ3v) is 6.94. The Kier molecular flexibility index (Phi) is 6.64. The molecule has 4 rings (SSSR count). The molecule has 0 aliphatic carbocycles. The average molecular weight is 507 g/mol. The van der Waals surface area contributed by atoms with Crippen LogP contribution in [0.15, 0.2) is 55.1 Å². The molecule has 2 aromatic carbocycles. The normalized spacial score (nSPS) is 18.6. The molecule has 3 aromatic rings. The number of carbonyl (C=O) groups excluding carboxylic acids is 2. The molecule has 1 aliphatic rings. The average Bonchev–Trinajstić information content (AvgIpc) is 3.45. The van der Waals surface area contributed by atoms with E-state index in [0.29, 0.717) is 10.7 Å². The van der Waals surface area contributed by atoms with E-state index in [9.17, 15) is 22.4 Å². The first kappa shape index (κ1) is 23.8. The summed E-state index contributed by atoms with van der Waals surface area (Å²) in [5.74, 6) is -3.67. The minimum atomic E-state index is -3.64. The molecule has 0 saturated carbocycles. The van der Waals surface area contributed by atoms with Crippen molar-refractivity contribution in [1.29, 1.82) is 0 Å². The van der Waals surface area contributed by atoms with Crippen molar-refractivity contribution in [3.63, 3.8) is 0 Å². The van der Waals surface area contributed by atoms with E-state index in [1.54, 1.807) is 24.3 Å². The van der Waals surface area contributed by atoms with E-state index < -0.39 is 39.5 Å². The number of nitrogens with one attached hydrogen (secondary N) is 2. The van der Waals surface area contributed by atoms with Gasteiger partial charge in [0.1, 0.15) is 18.5 Å². The molecule has 0 unspecified atom stereocenters. The summed E-state index contributed by atoms with van der Waals surface area (Å²) in [6.45, 7) is -0.331. The number of nitrogens with zero attached hydrogens (tertiary/aromatic N) is 4. The van der Waals surface area contributed by atoms with E-state index in [2.05, 4.69) is 20.8 Å². The molecule has 0 bridgehead atoms. The summed E-state index contributed by atoms with van der Waals surface area (Å²) < 4.78 is 41.2. The van der Waals surface area contributed by atoms with E-state index in [0.717, 1.165) is 16.6 Å². The number of hydrogen-bond acceptors (Lipinski definition) is 6. The molecule has 178 valence electrons. The van der Waals surface area contributed by atoms with Crippen LogP contribution in [-0.2, 0) is 19.6 Å². The van der Waals surface area contributed by atoms with Gasteiger partial charge >= 0.3 is 0 Å². The molecule has 13 heteroatoms. The summed E-state index contributed by atoms with van der Waals surface area (Å²) in [4.78, 5) is 26.0. The lowest BCUT2D eigenvalue weighted by Gasteiger charge is -2.18. The first-order valence-electron chi connectivity index (χ1n) is 10.1. The molecular weight excluding hydrogens is 487 g/mol. The second-order valence-corrected chi connectivity index (χ2v) is 10.2. The van der Waals surface area contributed by atoms with E-state index >= 15 is 0 Å². The summed E-state index contributed by atoms with van der Waals surface area (Å²) >= 11 is 5.86. The minimum Gasteiger partial charge on any atom is -0.326 e. The van der Waals surface area contributed by atoms with Gasteiger partial charge in [-0.05, 0) is 42.5 Å². The monoisotopic (exact) mass is 506 g/mol. The highest BCUT2D eigenvalue weighted by atomic mass is 35.5. The highest BCUT2D eigenvalue weighted by Crippen LogP contribution is 2.29. The van der Waals surface area contributed by atoms with Gasteiger partial charge in [0.05, 0.1) is 23.8 Å². The van der Waals surface area contributed by atoms with Gasteiger partial charge in [0.15, 0.2) is 0 Å². The molecule has 1 saturated heterocycles. The lowest BCUT2D eigenvalue weighted by Crippen LogP contribution is -2.35. The Bertz CT molecular complexity index is 1320. The van der Waals surface area contributed by atoms with Crippen LogP contribution in [0.1, 0.15) is 0 Å². The maximum Gasteiger partial charge on any atom is 0.229 e. The topological polar surface area (TPSA) is 126 Å². The summed E-state index contributed by atoms with van der Waals surface area (Å²) in [5, 5.41) is 13.0. The maximum atomic E-state index is 14.5. The SMILES string of the molecule is CS(=O)(=O)N1C[C@H](C(=O)Nc2ccc(Cl)cc2)[C@@H](C(=O)Nc2ccc(-n3cnnc3)c(F)c2)C1. The van der Waals surface area contributed by atoms with Gasteiger partial charge in [-0.15, -0.1) is 10.2 Å². The number of sulfonamides is 1. The smallest absolute Gasteiger partial charge is 0.229 e. The quantitative estimate of drug-likeness (QED) is 0.527. The van der Waals surface area contributed by atoms with Crippen molar-refractivity contribution in [3.8, 4) is 5.69 Å². The van der Waals surface area contributed by atoms with Crippen molar-refractivity contribution in [2.75, 3.05) is 30.0 Å². The fourth-order valence-corrected chi connectivity index (χ4v) is 4.68. The standard InChI is InChI=1S/C21H20ClFN6O4S/c1-34(32,33)29-9-16(20(30)26-14-4-2-13(22)3-5-14)17(10-29)21(31)27-15-6-7-19(18(23)8-15)28-11-24-25-12-28/h2-8,11-12,16-17H,9-10H2,1H3,(H,26,30)(H,27,31)/t16-,17-/m0/s1. The number of aromatic nitrogens is 3. The Morgan fingerprint density at radius 1 is 0.971 bits per heavy atom. The molecule has 0 radical (unpaired) electrons. The largest absolute Gasteiger partial charge is 0.326 e. The zero-order chi connectivity index (χ0) is 24.5. The number of anilines is 2. The Morgan fingerprint density at radius 2 is 1.50 bits per heavy atom. The highest BCUT2D eigenvalue weighted by Gasteiger charge is 2.44. The number of hydrogen-bond donors (Lipinski definition) is 2. The van der Waals surface area contributed by atoms with Crippen LogP contribution in [-0.4, -0.2) is 58.6 Å². The zero-order valence-electron chi connectivity index (χ0n) is 17.9. The predicted octanol–water partition coefficient (Wildman–Crippen LogP) is 2.14. The predicted molar refractivity (Wildman–Crippen MR) is 123 cm³/mol. The van der Waals surface area contributed by atoms with Crippen LogP contribution in [0.25, 0.3) is 5.69 Å². The molecule has 2 atom stereocenters. The minimum absolute atomic E-state index is 0.155.